The van der Waals surface area contributed by atoms with Crippen molar-refractivity contribution >= 4 is 17.3 Å². The molecule has 0 amide bonds. The maximum absolute atomic E-state index is 13.6. The fourth-order valence-electron chi connectivity index (χ4n) is 2.49. The Bertz CT molecular complexity index is 1180. The van der Waals surface area contributed by atoms with E-state index in [2.05, 4.69) is 20.3 Å². The maximum atomic E-state index is 13.6. The van der Waals surface area contributed by atoms with Gasteiger partial charge in [0.15, 0.2) is 11.5 Å². The van der Waals surface area contributed by atoms with Gasteiger partial charge in [0.05, 0.1) is 10.6 Å². The maximum Gasteiger partial charge on any atom is 0.437 e. The van der Waals surface area contributed by atoms with Crippen LogP contribution in [0, 0.1) is 0 Å². The second-order valence-electron chi connectivity index (χ2n) is 6.01. The summed E-state index contributed by atoms with van der Waals surface area (Å²) in [6.07, 6.45) is -8.76. The van der Waals surface area contributed by atoms with Gasteiger partial charge in [-0.2, -0.15) is 26.3 Å². The lowest BCUT2D eigenvalue weighted by atomic mass is 10.2. The van der Waals surface area contributed by atoms with Gasteiger partial charge < -0.3 is 15.0 Å². The predicted molar refractivity (Wildman–Crippen MR) is 99.2 cm³/mol. The molecule has 6 nitrogen and oxygen atoms in total. The molecule has 0 unspecified atom stereocenters. The van der Waals surface area contributed by atoms with Gasteiger partial charge in [-0.25, -0.2) is 4.98 Å². The van der Waals surface area contributed by atoms with Crippen molar-refractivity contribution in [3.8, 4) is 23.0 Å². The minimum absolute atomic E-state index is 0.0770. The largest absolute Gasteiger partial charge is 0.449 e. The number of anilines is 1. The lowest BCUT2D eigenvalue weighted by molar-refractivity contribution is -0.142. The normalized spacial score (nSPS) is 12.0. The first-order valence-corrected chi connectivity index (χ1v) is 8.68. The minimum Gasteiger partial charge on any atom is -0.449 e. The number of H-pyrrole nitrogens is 1. The Morgan fingerprint density at radius 3 is 2.39 bits per heavy atom. The average Bonchev–Trinajstić information content (AvgIpc) is 2.69. The molecule has 2 aromatic heterocycles. The highest BCUT2D eigenvalue weighted by atomic mass is 35.5. The summed E-state index contributed by atoms with van der Waals surface area (Å²) in [6.45, 7) is 0. The molecule has 3 rings (SSSR count). The number of alkyl halides is 6. The number of ether oxygens (including phenoxy) is 1. The van der Waals surface area contributed by atoms with Gasteiger partial charge in [0.1, 0.15) is 11.4 Å². The van der Waals surface area contributed by atoms with Gasteiger partial charge in [-0.3, -0.25) is 9.78 Å². The van der Waals surface area contributed by atoms with Gasteiger partial charge in [0.2, 0.25) is 5.75 Å². The molecule has 0 saturated heterocycles. The van der Waals surface area contributed by atoms with Crippen molar-refractivity contribution < 1.29 is 31.1 Å². The number of hydrogen-bond donors (Lipinski definition) is 2. The number of pyridine rings is 1. The molecule has 0 aliphatic heterocycles. The summed E-state index contributed by atoms with van der Waals surface area (Å²) in [4.78, 5) is 21.7. The van der Waals surface area contributed by atoms with E-state index in [0.717, 1.165) is 12.1 Å². The molecule has 0 saturated carbocycles. The topological polar surface area (TPSA) is 79.9 Å². The first-order chi connectivity index (χ1) is 14.4. The summed E-state index contributed by atoms with van der Waals surface area (Å²) in [6, 6.07) is 4.93. The monoisotopic (exact) mass is 464 g/mol. The first kappa shape index (κ1) is 22.4. The Morgan fingerprint density at radius 2 is 1.77 bits per heavy atom. The van der Waals surface area contributed by atoms with Crippen molar-refractivity contribution in [1.29, 1.82) is 0 Å². The van der Waals surface area contributed by atoms with Crippen molar-refractivity contribution in [2.75, 3.05) is 12.4 Å². The number of aromatic amines is 1. The number of hydrogen-bond acceptors (Lipinski definition) is 5. The molecule has 1 aromatic carbocycles. The van der Waals surface area contributed by atoms with E-state index in [1.54, 1.807) is 7.05 Å². The van der Waals surface area contributed by atoms with Crippen LogP contribution >= 0.6 is 11.6 Å². The minimum atomic E-state index is -5.15. The molecule has 3 aromatic rings. The van der Waals surface area contributed by atoms with Crippen molar-refractivity contribution in [3.05, 3.63) is 63.2 Å². The Morgan fingerprint density at radius 1 is 1.06 bits per heavy atom. The number of benzene rings is 1. The molecule has 2 heterocycles. The molecule has 0 atom stereocenters. The Hall–Kier alpha value is -3.28. The van der Waals surface area contributed by atoms with Gasteiger partial charge in [-0.1, -0.05) is 11.6 Å². The van der Waals surface area contributed by atoms with E-state index in [-0.39, 0.29) is 5.69 Å². The molecular formula is C18H11ClF6N4O2. The highest BCUT2D eigenvalue weighted by molar-refractivity contribution is 6.31. The van der Waals surface area contributed by atoms with Crippen LogP contribution < -0.4 is 15.6 Å². The van der Waals surface area contributed by atoms with E-state index >= 15 is 0 Å². The second kappa shape index (κ2) is 8.10. The van der Waals surface area contributed by atoms with Gasteiger partial charge in [0.25, 0.3) is 5.56 Å². The summed E-state index contributed by atoms with van der Waals surface area (Å²) < 4.78 is 84.6. The van der Waals surface area contributed by atoms with E-state index in [9.17, 15) is 31.1 Å². The van der Waals surface area contributed by atoms with Crippen LogP contribution in [0.15, 0.2) is 41.3 Å². The Kier molecular flexibility index (Phi) is 5.85. The third-order valence-corrected chi connectivity index (χ3v) is 4.23. The van der Waals surface area contributed by atoms with Crippen molar-refractivity contribution in [1.82, 2.24) is 15.0 Å². The Balaban J connectivity index is 2.12. The second-order valence-corrected chi connectivity index (χ2v) is 6.42. The highest BCUT2D eigenvalue weighted by Crippen LogP contribution is 2.39. The molecule has 2 N–H and O–H groups in total. The standard InChI is InChI=1S/C18H11ClF6N4O2/c1-26-8-4-5-27-12(6-8)15-28-14(18(23,24)25)13(16(30)29-15)31-9-2-3-11(19)10(7-9)17(20,21)22/h2-7H,1H3,(H,26,27)(H,28,29,30). The zero-order valence-corrected chi connectivity index (χ0v) is 16.1. The summed E-state index contributed by atoms with van der Waals surface area (Å²) in [5.41, 5.74) is -4.02. The van der Waals surface area contributed by atoms with E-state index in [1.807, 2.05) is 0 Å². The van der Waals surface area contributed by atoms with Crippen LogP contribution in [0.1, 0.15) is 11.3 Å². The summed E-state index contributed by atoms with van der Waals surface area (Å²) >= 11 is 5.48. The number of halogens is 7. The van der Waals surface area contributed by atoms with Gasteiger partial charge >= 0.3 is 12.4 Å². The molecule has 0 spiro atoms. The van der Waals surface area contributed by atoms with Crippen molar-refractivity contribution in [2.45, 2.75) is 12.4 Å². The van der Waals surface area contributed by atoms with Crippen LogP contribution in [0.3, 0.4) is 0 Å². The van der Waals surface area contributed by atoms with E-state index in [0.29, 0.717) is 11.8 Å². The number of nitrogens with one attached hydrogen (secondary N) is 2. The number of nitrogens with zero attached hydrogens (tertiary/aromatic N) is 2. The van der Waals surface area contributed by atoms with Gasteiger partial charge in [0, 0.05) is 18.9 Å². The van der Waals surface area contributed by atoms with Crippen LogP contribution in [0.2, 0.25) is 5.02 Å². The van der Waals surface area contributed by atoms with E-state index < -0.39 is 51.5 Å². The first-order valence-electron chi connectivity index (χ1n) is 8.30. The average molecular weight is 465 g/mol. The molecule has 31 heavy (non-hydrogen) atoms. The predicted octanol–water partition coefficient (Wildman–Crippen LogP) is 5.36. The van der Waals surface area contributed by atoms with Gasteiger partial charge in [-0.15, -0.1) is 0 Å². The molecule has 0 fully saturated rings. The van der Waals surface area contributed by atoms with Crippen LogP contribution in [0.5, 0.6) is 11.5 Å². The Labute approximate surface area is 174 Å². The quantitative estimate of drug-likeness (QED) is 0.508. The van der Waals surface area contributed by atoms with Crippen LogP contribution in [-0.4, -0.2) is 22.0 Å². The molecule has 13 heteroatoms. The lowest BCUT2D eigenvalue weighted by Crippen LogP contribution is -2.21. The van der Waals surface area contributed by atoms with E-state index in [1.165, 1.54) is 18.3 Å². The smallest absolute Gasteiger partial charge is 0.437 e. The summed E-state index contributed by atoms with van der Waals surface area (Å²) in [5.74, 6) is -2.51. The summed E-state index contributed by atoms with van der Waals surface area (Å²) in [5, 5.41) is 2.07. The molecule has 0 radical (unpaired) electrons. The third kappa shape index (κ3) is 4.90. The van der Waals surface area contributed by atoms with Crippen LogP contribution in [-0.2, 0) is 12.4 Å². The highest BCUT2D eigenvalue weighted by Gasteiger charge is 2.39. The SMILES string of the molecule is CNc1ccnc(-c2nc(C(F)(F)F)c(Oc3ccc(Cl)c(C(F)(F)F)c3)c(=O)[nH]2)c1. The van der Waals surface area contributed by atoms with Gasteiger partial charge in [-0.05, 0) is 30.3 Å². The molecule has 0 aliphatic carbocycles. The lowest BCUT2D eigenvalue weighted by Gasteiger charge is -2.15. The number of aromatic nitrogens is 3. The third-order valence-electron chi connectivity index (χ3n) is 3.90. The summed E-state index contributed by atoms with van der Waals surface area (Å²) in [7, 11) is 1.56. The fraction of sp³-hybridized carbons (Fsp3) is 0.167. The van der Waals surface area contributed by atoms with Crippen molar-refractivity contribution in [2.24, 2.45) is 0 Å². The zero-order chi connectivity index (χ0) is 23.0. The van der Waals surface area contributed by atoms with Crippen molar-refractivity contribution in [3.63, 3.8) is 0 Å². The van der Waals surface area contributed by atoms with Crippen LogP contribution in [0.25, 0.3) is 11.5 Å². The zero-order valence-electron chi connectivity index (χ0n) is 15.3. The van der Waals surface area contributed by atoms with E-state index in [4.69, 9.17) is 16.3 Å². The molecule has 0 aliphatic rings. The van der Waals surface area contributed by atoms with Crippen LogP contribution in [0.4, 0.5) is 32.0 Å². The fourth-order valence-corrected chi connectivity index (χ4v) is 2.71. The molecular weight excluding hydrogens is 454 g/mol. The molecule has 164 valence electrons. The molecule has 0 bridgehead atoms. The number of rotatable bonds is 4.